The summed E-state index contributed by atoms with van der Waals surface area (Å²) in [7, 11) is 0. The number of hydrogen-bond donors (Lipinski definition) is 1. The van der Waals surface area contributed by atoms with Gasteiger partial charge in [-0.15, -0.1) is 0 Å². The molecule has 1 saturated heterocycles. The van der Waals surface area contributed by atoms with Crippen molar-refractivity contribution < 1.29 is 14.4 Å². The molecule has 1 amide bonds. The Labute approximate surface area is 149 Å². The van der Waals surface area contributed by atoms with Gasteiger partial charge in [0.25, 0.3) is 0 Å². The van der Waals surface area contributed by atoms with Gasteiger partial charge in [0.2, 0.25) is 5.91 Å². The molecule has 2 heterocycles. The van der Waals surface area contributed by atoms with E-state index in [2.05, 4.69) is 9.88 Å². The minimum Gasteiger partial charge on any atom is -0.355 e. The molecule has 0 unspecified atom stereocenters. The molecular formula is C19H29N3O3. The van der Waals surface area contributed by atoms with E-state index in [1.807, 2.05) is 39.5 Å². The van der Waals surface area contributed by atoms with Gasteiger partial charge in [0.05, 0.1) is 11.7 Å². The second-order valence-electron chi connectivity index (χ2n) is 7.24. The number of carbonyl (C=O) groups excluding carboxylic acids is 3. The van der Waals surface area contributed by atoms with E-state index in [4.69, 9.17) is 0 Å². The van der Waals surface area contributed by atoms with Crippen LogP contribution in [0.3, 0.4) is 0 Å². The Bertz CT molecular complexity index is 682. The van der Waals surface area contributed by atoms with Crippen molar-refractivity contribution in [3.8, 4) is 0 Å². The number of nitrogens with one attached hydrogen (secondary N) is 1. The molecule has 1 aliphatic rings. The smallest absolute Gasteiger partial charge is 0.225 e. The van der Waals surface area contributed by atoms with E-state index in [0.717, 1.165) is 11.3 Å². The number of hydrogen-bond acceptors (Lipinski definition) is 4. The number of nitrogens with zero attached hydrogens (tertiary/aromatic N) is 2. The first-order valence-electron chi connectivity index (χ1n) is 8.92. The lowest BCUT2D eigenvalue weighted by Crippen LogP contribution is -2.53. The molecule has 6 nitrogen and oxygen atoms in total. The number of carbonyl (C=O) groups is 3. The highest BCUT2D eigenvalue weighted by Gasteiger charge is 2.30. The van der Waals surface area contributed by atoms with Gasteiger partial charge in [-0.3, -0.25) is 19.3 Å². The molecule has 1 atom stereocenters. The van der Waals surface area contributed by atoms with Gasteiger partial charge in [0.15, 0.2) is 11.6 Å². The van der Waals surface area contributed by atoms with Crippen molar-refractivity contribution in [1.29, 1.82) is 0 Å². The molecular weight excluding hydrogens is 318 g/mol. The maximum atomic E-state index is 12.9. The van der Waals surface area contributed by atoms with Crippen LogP contribution in [0.1, 0.15) is 59.8 Å². The first-order valence-corrected chi connectivity index (χ1v) is 8.92. The van der Waals surface area contributed by atoms with Crippen LogP contribution in [0.2, 0.25) is 0 Å². The van der Waals surface area contributed by atoms with Crippen molar-refractivity contribution in [1.82, 2.24) is 14.8 Å². The molecule has 6 heteroatoms. The summed E-state index contributed by atoms with van der Waals surface area (Å²) in [5, 5.41) is 0. The molecule has 0 radical (unpaired) electrons. The lowest BCUT2D eigenvalue weighted by molar-refractivity contribution is -0.136. The summed E-state index contributed by atoms with van der Waals surface area (Å²) in [5.41, 5.74) is 2.61. The van der Waals surface area contributed by atoms with Gasteiger partial charge in [0, 0.05) is 43.4 Å². The van der Waals surface area contributed by atoms with E-state index < -0.39 is 0 Å². The van der Waals surface area contributed by atoms with E-state index in [9.17, 15) is 14.4 Å². The summed E-state index contributed by atoms with van der Waals surface area (Å²) in [6.45, 7) is 13.5. The van der Waals surface area contributed by atoms with Crippen LogP contribution < -0.4 is 0 Å². The van der Waals surface area contributed by atoms with Crippen LogP contribution in [0.5, 0.6) is 0 Å². The highest BCUT2D eigenvalue weighted by atomic mass is 16.2. The zero-order chi connectivity index (χ0) is 18.9. The van der Waals surface area contributed by atoms with Gasteiger partial charge in [-0.05, 0) is 33.3 Å². The molecule has 1 N–H and O–H groups in total. The molecule has 0 bridgehead atoms. The average Bonchev–Trinajstić information content (AvgIpc) is 2.87. The number of amides is 1. The summed E-state index contributed by atoms with van der Waals surface area (Å²) in [6, 6.07) is -0.284. The molecule has 138 valence electrons. The third-order valence-electron chi connectivity index (χ3n) is 5.08. The standard InChI is InChI=1S/C19H29N3O3/c1-11(2)19(25)22-9-7-21(8-10-22)14(5)18(24)17-12(3)16(15(6)23)13(4)20-17/h11,14,20H,7-10H2,1-6H3/t14-/m1/s1. The van der Waals surface area contributed by atoms with Gasteiger partial charge in [-0.1, -0.05) is 13.8 Å². The van der Waals surface area contributed by atoms with Gasteiger partial charge < -0.3 is 9.88 Å². The zero-order valence-electron chi connectivity index (χ0n) is 16.1. The Morgan fingerprint density at radius 1 is 1.00 bits per heavy atom. The van der Waals surface area contributed by atoms with E-state index in [-0.39, 0.29) is 29.4 Å². The van der Waals surface area contributed by atoms with E-state index in [0.29, 0.717) is 37.4 Å². The Hall–Kier alpha value is -1.95. The van der Waals surface area contributed by atoms with E-state index in [1.54, 1.807) is 0 Å². The predicted octanol–water partition coefficient (Wildman–Crippen LogP) is 2.21. The number of H-pyrrole nitrogens is 1. The van der Waals surface area contributed by atoms with Crippen molar-refractivity contribution in [3.05, 3.63) is 22.5 Å². The van der Waals surface area contributed by atoms with E-state index >= 15 is 0 Å². The van der Waals surface area contributed by atoms with E-state index in [1.165, 1.54) is 6.92 Å². The van der Waals surface area contributed by atoms with Crippen LogP contribution in [0.4, 0.5) is 0 Å². The normalized spacial score (nSPS) is 17.0. The van der Waals surface area contributed by atoms with Crippen molar-refractivity contribution in [3.63, 3.8) is 0 Å². The number of rotatable bonds is 5. The number of aromatic amines is 1. The molecule has 0 spiro atoms. The predicted molar refractivity (Wildman–Crippen MR) is 97.1 cm³/mol. The SMILES string of the molecule is CC(=O)c1c(C)[nH]c(C(=O)[C@@H](C)N2CCN(C(=O)C(C)C)CC2)c1C. The number of aromatic nitrogens is 1. The third kappa shape index (κ3) is 3.84. The quantitative estimate of drug-likeness (QED) is 0.829. The van der Waals surface area contributed by atoms with Crippen LogP contribution in [-0.2, 0) is 4.79 Å². The highest BCUT2D eigenvalue weighted by Crippen LogP contribution is 2.21. The van der Waals surface area contributed by atoms with Gasteiger partial charge in [-0.25, -0.2) is 0 Å². The van der Waals surface area contributed by atoms with Crippen LogP contribution in [0, 0.1) is 19.8 Å². The first-order chi connectivity index (χ1) is 11.6. The molecule has 0 aliphatic carbocycles. The molecule has 1 aliphatic heterocycles. The molecule has 0 saturated carbocycles. The number of aryl methyl sites for hydroxylation is 1. The molecule has 1 aromatic rings. The van der Waals surface area contributed by atoms with Crippen molar-refractivity contribution in [2.24, 2.45) is 5.92 Å². The second kappa shape index (κ2) is 7.52. The third-order valence-corrected chi connectivity index (χ3v) is 5.08. The number of Topliss-reactive ketones (excluding diaryl/α,β-unsaturated/α-hetero) is 2. The molecule has 2 rings (SSSR count). The fraction of sp³-hybridized carbons (Fsp3) is 0.632. The average molecular weight is 347 g/mol. The maximum absolute atomic E-state index is 12.9. The number of ketones is 2. The zero-order valence-corrected chi connectivity index (χ0v) is 16.1. The Kier molecular flexibility index (Phi) is 5.83. The largest absolute Gasteiger partial charge is 0.355 e. The molecule has 25 heavy (non-hydrogen) atoms. The van der Waals surface area contributed by atoms with Gasteiger partial charge >= 0.3 is 0 Å². The molecule has 1 fully saturated rings. The maximum Gasteiger partial charge on any atom is 0.225 e. The minimum absolute atomic E-state index is 0.000140. The van der Waals surface area contributed by atoms with Crippen LogP contribution in [0.15, 0.2) is 0 Å². The summed E-state index contributed by atoms with van der Waals surface area (Å²) in [5.74, 6) is 0.135. The molecule has 1 aromatic heterocycles. The Balaban J connectivity index is 2.08. The first kappa shape index (κ1) is 19.4. The van der Waals surface area contributed by atoms with Gasteiger partial charge in [0.1, 0.15) is 0 Å². The lowest BCUT2D eigenvalue weighted by atomic mass is 10.0. The highest BCUT2D eigenvalue weighted by molar-refractivity contribution is 6.05. The lowest BCUT2D eigenvalue weighted by Gasteiger charge is -2.38. The Morgan fingerprint density at radius 3 is 2.00 bits per heavy atom. The topological polar surface area (TPSA) is 73.5 Å². The summed E-state index contributed by atoms with van der Waals surface area (Å²) in [6.07, 6.45) is 0. The molecule has 0 aromatic carbocycles. The van der Waals surface area contributed by atoms with Gasteiger partial charge in [-0.2, -0.15) is 0 Å². The van der Waals surface area contributed by atoms with Crippen LogP contribution >= 0.6 is 0 Å². The minimum atomic E-state index is -0.284. The monoisotopic (exact) mass is 347 g/mol. The summed E-state index contributed by atoms with van der Waals surface area (Å²) < 4.78 is 0. The van der Waals surface area contributed by atoms with Crippen molar-refractivity contribution in [2.75, 3.05) is 26.2 Å². The second-order valence-corrected chi connectivity index (χ2v) is 7.24. The summed E-state index contributed by atoms with van der Waals surface area (Å²) >= 11 is 0. The Morgan fingerprint density at radius 2 is 1.56 bits per heavy atom. The fourth-order valence-corrected chi connectivity index (χ4v) is 3.59. The van der Waals surface area contributed by atoms with Crippen molar-refractivity contribution >= 4 is 17.5 Å². The number of piperazine rings is 1. The fourth-order valence-electron chi connectivity index (χ4n) is 3.59. The van der Waals surface area contributed by atoms with Crippen LogP contribution in [-0.4, -0.2) is 64.5 Å². The van der Waals surface area contributed by atoms with Crippen molar-refractivity contribution in [2.45, 2.75) is 47.6 Å². The van der Waals surface area contributed by atoms with Crippen LogP contribution in [0.25, 0.3) is 0 Å². The summed E-state index contributed by atoms with van der Waals surface area (Å²) in [4.78, 5) is 43.8.